The van der Waals surface area contributed by atoms with Crippen LogP contribution in [0, 0.1) is 10.8 Å². The van der Waals surface area contributed by atoms with Gasteiger partial charge in [-0.15, -0.1) is 0 Å². The summed E-state index contributed by atoms with van der Waals surface area (Å²) < 4.78 is 145. The van der Waals surface area contributed by atoms with Crippen LogP contribution in [-0.2, 0) is 86.2 Å². The van der Waals surface area contributed by atoms with Gasteiger partial charge in [0.25, 0.3) is 17.7 Å². The number of nitrogens with zero attached hydrogens (tertiary/aromatic N) is 4. The number of halogens is 8. The highest BCUT2D eigenvalue weighted by atomic mass is 32.2. The zero-order valence-corrected chi connectivity index (χ0v) is 60.0. The first-order valence-corrected chi connectivity index (χ1v) is 32.6. The predicted octanol–water partition coefficient (Wildman–Crippen LogP) is 13.0. The van der Waals surface area contributed by atoms with Gasteiger partial charge in [0.2, 0.25) is 6.10 Å². The van der Waals surface area contributed by atoms with Gasteiger partial charge in [-0.3, -0.25) is 19.3 Å². The fourth-order valence-corrected chi connectivity index (χ4v) is 10.7. The van der Waals surface area contributed by atoms with Gasteiger partial charge in [0.05, 0.1) is 0 Å². The number of rotatable bonds is 30. The minimum Gasteiger partial charge on any atom is -0.458 e. The van der Waals surface area contributed by atoms with Crippen molar-refractivity contribution in [1.29, 1.82) is 0 Å². The van der Waals surface area contributed by atoms with Crippen LogP contribution in [0.2, 0.25) is 0 Å². The van der Waals surface area contributed by atoms with Crippen LogP contribution < -0.4 is 0 Å². The minimum atomic E-state index is -4.69. The number of benzene rings is 3. The average Bonchev–Trinajstić information content (AvgIpc) is 0.831. The van der Waals surface area contributed by atoms with Gasteiger partial charge in [0, 0.05) is 63.7 Å². The first kappa shape index (κ1) is 84.1. The summed E-state index contributed by atoms with van der Waals surface area (Å²) in [6.45, 7) is 21.6. The molecule has 0 saturated heterocycles. The largest absolute Gasteiger partial charge is 0.458 e. The van der Waals surface area contributed by atoms with Crippen molar-refractivity contribution in [2.24, 2.45) is 10.8 Å². The molecule has 3 aromatic carbocycles. The van der Waals surface area contributed by atoms with E-state index in [1.54, 1.807) is 92.6 Å². The van der Waals surface area contributed by atoms with Gasteiger partial charge in [-0.05, 0) is 150 Å². The second-order valence-corrected chi connectivity index (χ2v) is 30.5. The molecule has 19 nitrogen and oxygen atoms in total. The van der Waals surface area contributed by atoms with Crippen LogP contribution in [0.25, 0.3) is 0 Å². The lowest BCUT2D eigenvalue weighted by molar-refractivity contribution is -0.176. The molecule has 0 spiro atoms. The number of amides is 4. The van der Waals surface area contributed by atoms with Gasteiger partial charge in [-0.1, -0.05) is 96.1 Å². The van der Waals surface area contributed by atoms with Crippen molar-refractivity contribution >= 4 is 77.2 Å². The third kappa shape index (κ3) is 30.2. The van der Waals surface area contributed by atoms with E-state index < -0.39 is 178 Å². The summed E-state index contributed by atoms with van der Waals surface area (Å²) in [5.41, 5.74) is -15.4. The fourth-order valence-electron chi connectivity index (χ4n) is 9.62. The smallest absolute Gasteiger partial charge is 0.446 e. The Bertz CT molecular complexity index is 3160. The highest BCUT2D eigenvalue weighted by Crippen LogP contribution is 2.39. The number of esters is 5. The quantitative estimate of drug-likeness (QED) is 0.0262. The fraction of sp³-hybridized carbons (Fsp3) is 0.603. The lowest BCUT2D eigenvalue weighted by Crippen LogP contribution is -2.54. The van der Waals surface area contributed by atoms with Crippen LogP contribution in [0.5, 0.6) is 0 Å². The molecule has 0 radical (unpaired) electrons. The topological polar surface area (TPSA) is 222 Å². The summed E-state index contributed by atoms with van der Waals surface area (Å²) in [5.74, 6) is -9.49. The average molecular weight is 1420 g/mol. The minimum absolute atomic E-state index is 0.0290. The Labute approximate surface area is 571 Å². The van der Waals surface area contributed by atoms with Gasteiger partial charge in [-0.25, -0.2) is 37.5 Å². The van der Waals surface area contributed by atoms with Crippen LogP contribution in [0.1, 0.15) is 146 Å². The molecule has 0 aromatic heterocycles. The van der Waals surface area contributed by atoms with Gasteiger partial charge < -0.3 is 43.1 Å². The Morgan fingerprint density at radius 3 is 1.08 bits per heavy atom. The molecule has 0 unspecified atom stereocenters. The normalized spacial score (nSPS) is 15.0. The predicted molar refractivity (Wildman–Crippen MR) is 346 cm³/mol. The molecule has 0 bridgehead atoms. The molecule has 4 amide bonds. The van der Waals surface area contributed by atoms with Crippen molar-refractivity contribution in [3.63, 3.8) is 0 Å². The van der Waals surface area contributed by atoms with Crippen LogP contribution >= 0.6 is 23.5 Å². The van der Waals surface area contributed by atoms with Gasteiger partial charge in [0.15, 0.2) is 18.3 Å². The maximum Gasteiger partial charge on any atom is 0.446 e. The lowest BCUT2D eigenvalue weighted by atomic mass is 9.87. The third-order valence-corrected chi connectivity index (χ3v) is 15.8. The van der Waals surface area contributed by atoms with Crippen LogP contribution in [0.15, 0.2) is 88.7 Å². The van der Waals surface area contributed by atoms with Crippen molar-refractivity contribution in [2.45, 2.75) is 235 Å². The van der Waals surface area contributed by atoms with Crippen molar-refractivity contribution in [2.75, 3.05) is 28.2 Å². The molecule has 3 rings (SSSR count). The molecule has 0 heterocycles. The molecule has 3 aromatic rings. The number of hydrogen-bond donors (Lipinski definition) is 0. The van der Waals surface area contributed by atoms with E-state index in [-0.39, 0.29) is 52.1 Å². The molecule has 542 valence electrons. The van der Waals surface area contributed by atoms with Crippen LogP contribution in [-0.4, -0.2) is 178 Å². The van der Waals surface area contributed by atoms with E-state index in [1.807, 2.05) is 0 Å². The van der Waals surface area contributed by atoms with E-state index in [1.165, 1.54) is 38.2 Å². The van der Waals surface area contributed by atoms with E-state index in [0.717, 1.165) is 99.6 Å². The van der Waals surface area contributed by atoms with E-state index in [2.05, 4.69) is 0 Å². The number of ether oxygens (including phenoxy) is 6. The number of alkyl halides is 8. The summed E-state index contributed by atoms with van der Waals surface area (Å²) >= 11 is -0.826. The van der Waals surface area contributed by atoms with E-state index in [9.17, 15) is 64.7 Å². The standard InChI is InChI=1S/C68H92F8N4O15S2/c1-40(53(81)78(17)50(38-66(14,15)70)59(87)94-52(60(88)90-39-44-23-21-20-22-24-44)34-43-27-31-46(32-28-43)97-68(74,75)76)91-56(84)47(35-62(3,4)5)79(18)55(83)51(33-42-25-29-45(30-26-42)96-67(71,72)73)93-58(86)49(37-65(12,13)69)77(16)54(82)41(2)92-57(85)48(36-63(6,7)8)80(19)61(89)95-64(9,10)11/h20-32,40-41,47-52H,33-39H2,1-19H3/t40-,41-,47+,48+,49+,50+,51-,52-/m1/s1. The molecular weight excluding hydrogens is 1330 g/mol. The molecule has 0 N–H and O–H groups in total. The molecule has 0 aliphatic heterocycles. The summed E-state index contributed by atoms with van der Waals surface area (Å²) in [7, 11) is 4.58. The Morgan fingerprint density at radius 2 is 0.732 bits per heavy atom. The maximum absolute atomic E-state index is 15.9. The number of hydrogen-bond acceptors (Lipinski definition) is 17. The number of carbonyl (C=O) groups excluding carboxylic acids is 9. The molecular formula is C68H92F8N4O15S2. The SMILES string of the molecule is C[C@@H](OC(=O)[C@H](CC(C)(C)C)N(C)C(=O)OC(C)(C)C)C(=O)N(C)[C@@H](CC(C)(C)F)C(=O)O[C@H](Cc1ccc(SC(F)(F)F)cc1)C(=O)N(C)[C@@H](CC(C)(C)C)C(=O)O[C@H](C)C(=O)N(C)[C@@H](CC(C)(C)F)C(=O)O[C@H](Cc1ccc(SC(F)(F)F)cc1)C(=O)OCc1ccccc1. The first-order chi connectivity index (χ1) is 44.1. The monoisotopic (exact) mass is 1420 g/mol. The van der Waals surface area contributed by atoms with Crippen molar-refractivity contribution < 1.29 is 107 Å². The summed E-state index contributed by atoms with van der Waals surface area (Å²) in [5, 5.41) is 0. The second-order valence-electron chi connectivity index (χ2n) is 28.3. The number of thioether (sulfide) groups is 2. The first-order valence-electron chi connectivity index (χ1n) is 31.0. The second kappa shape index (κ2) is 34.6. The van der Waals surface area contributed by atoms with E-state index in [4.69, 9.17) is 28.4 Å². The molecule has 0 aliphatic carbocycles. The molecule has 97 heavy (non-hydrogen) atoms. The zero-order chi connectivity index (χ0) is 74.3. The summed E-state index contributed by atoms with van der Waals surface area (Å²) in [6.07, 6.45) is -11.1. The molecule has 0 aliphatic rings. The summed E-state index contributed by atoms with van der Waals surface area (Å²) in [6, 6.07) is 11.0. The highest BCUT2D eigenvalue weighted by Gasteiger charge is 2.45. The van der Waals surface area contributed by atoms with Crippen LogP contribution in [0.4, 0.5) is 39.9 Å². The third-order valence-electron chi connectivity index (χ3n) is 14.4. The van der Waals surface area contributed by atoms with Crippen molar-refractivity contribution in [3.05, 3.63) is 95.6 Å². The molecule has 0 fully saturated rings. The molecule has 8 atom stereocenters. The van der Waals surface area contributed by atoms with Gasteiger partial charge in [-0.2, -0.15) is 26.3 Å². The van der Waals surface area contributed by atoms with Crippen molar-refractivity contribution in [1.82, 2.24) is 19.6 Å². The molecule has 0 saturated carbocycles. The van der Waals surface area contributed by atoms with Gasteiger partial charge in [0.1, 0.15) is 47.7 Å². The van der Waals surface area contributed by atoms with Crippen molar-refractivity contribution in [3.8, 4) is 0 Å². The number of likely N-dealkylation sites (N-methyl/N-ethyl adjacent to an activating group) is 4. The molecule has 29 heteroatoms. The Balaban J connectivity index is 2.06. The van der Waals surface area contributed by atoms with Crippen LogP contribution in [0.3, 0.4) is 0 Å². The van der Waals surface area contributed by atoms with E-state index >= 15 is 13.6 Å². The Hall–Kier alpha value is -7.17. The number of carbonyl (C=O) groups is 9. The Morgan fingerprint density at radius 1 is 0.402 bits per heavy atom. The zero-order valence-electron chi connectivity index (χ0n) is 58.3. The van der Waals surface area contributed by atoms with E-state index in [0.29, 0.717) is 5.56 Å². The van der Waals surface area contributed by atoms with Gasteiger partial charge >= 0.3 is 47.0 Å². The highest BCUT2D eigenvalue weighted by molar-refractivity contribution is 8.00. The summed E-state index contributed by atoms with van der Waals surface area (Å²) in [4.78, 5) is 131. The Kier molecular flexibility index (Phi) is 29.9. The maximum atomic E-state index is 15.9. The lowest BCUT2D eigenvalue weighted by Gasteiger charge is -2.36.